The first-order valence-corrected chi connectivity index (χ1v) is 9.18. The fourth-order valence-electron chi connectivity index (χ4n) is 3.21. The van der Waals surface area contributed by atoms with Gasteiger partial charge in [0.05, 0.1) is 28.2 Å². The number of hydrogen-bond donors (Lipinski definition) is 1. The normalized spacial score (nSPS) is 11.8. The molecule has 0 amide bonds. The van der Waals surface area contributed by atoms with Gasteiger partial charge in [-0.05, 0) is 32.0 Å². The van der Waals surface area contributed by atoms with E-state index in [4.69, 9.17) is 11.6 Å². The summed E-state index contributed by atoms with van der Waals surface area (Å²) in [7, 11) is 0. The summed E-state index contributed by atoms with van der Waals surface area (Å²) in [5.74, 6) is 0.516. The lowest BCUT2D eigenvalue weighted by atomic mass is 10.1. The summed E-state index contributed by atoms with van der Waals surface area (Å²) in [4.78, 5) is 7.88. The molecular formula is C21H16ClF3N4. The van der Waals surface area contributed by atoms with Gasteiger partial charge in [-0.15, -0.1) is 0 Å². The molecule has 2 aromatic heterocycles. The van der Waals surface area contributed by atoms with Gasteiger partial charge in [0.15, 0.2) is 0 Å². The molecule has 2 aromatic carbocycles. The highest BCUT2D eigenvalue weighted by atomic mass is 35.5. The Morgan fingerprint density at radius 1 is 1.00 bits per heavy atom. The zero-order chi connectivity index (χ0) is 20.8. The fourth-order valence-corrected chi connectivity index (χ4v) is 3.57. The Kier molecular flexibility index (Phi) is 4.70. The molecule has 4 rings (SSSR count). The number of rotatable bonds is 3. The van der Waals surface area contributed by atoms with Crippen molar-refractivity contribution in [1.82, 2.24) is 19.7 Å². The molecule has 1 N–H and O–H groups in total. The van der Waals surface area contributed by atoms with Crippen LogP contribution in [0.3, 0.4) is 0 Å². The molecule has 0 aliphatic rings. The number of aromatic amines is 1. The fraction of sp³-hybridized carbons (Fsp3) is 0.143. The summed E-state index contributed by atoms with van der Waals surface area (Å²) in [5.41, 5.74) is 3.16. The van der Waals surface area contributed by atoms with Gasteiger partial charge in [0.1, 0.15) is 11.0 Å². The van der Waals surface area contributed by atoms with Crippen molar-refractivity contribution < 1.29 is 13.2 Å². The van der Waals surface area contributed by atoms with Gasteiger partial charge in [-0.2, -0.15) is 18.3 Å². The number of benzene rings is 2. The van der Waals surface area contributed by atoms with E-state index in [0.717, 1.165) is 29.1 Å². The van der Waals surface area contributed by atoms with E-state index in [-0.39, 0.29) is 10.8 Å². The van der Waals surface area contributed by atoms with Crippen molar-refractivity contribution >= 4 is 11.6 Å². The summed E-state index contributed by atoms with van der Waals surface area (Å²) < 4.78 is 40.5. The first kappa shape index (κ1) is 19.3. The van der Waals surface area contributed by atoms with Gasteiger partial charge in [0, 0.05) is 11.3 Å². The Morgan fingerprint density at radius 3 is 2.41 bits per heavy atom. The van der Waals surface area contributed by atoms with Gasteiger partial charge in [-0.25, -0.2) is 9.67 Å². The maximum atomic E-state index is 13.1. The Balaban J connectivity index is 1.80. The lowest BCUT2D eigenvalue weighted by Gasteiger charge is -2.09. The van der Waals surface area contributed by atoms with E-state index in [1.165, 1.54) is 16.8 Å². The summed E-state index contributed by atoms with van der Waals surface area (Å²) in [6, 6.07) is 14.6. The third-order valence-electron chi connectivity index (χ3n) is 4.59. The van der Waals surface area contributed by atoms with Crippen LogP contribution in [0, 0.1) is 13.8 Å². The zero-order valence-electron chi connectivity index (χ0n) is 15.5. The van der Waals surface area contributed by atoms with Gasteiger partial charge in [-0.1, -0.05) is 48.0 Å². The van der Waals surface area contributed by atoms with E-state index in [1.807, 2.05) is 37.3 Å². The van der Waals surface area contributed by atoms with Crippen molar-refractivity contribution in [1.29, 1.82) is 0 Å². The van der Waals surface area contributed by atoms with Crippen molar-refractivity contribution in [2.75, 3.05) is 0 Å². The largest absolute Gasteiger partial charge is 0.416 e. The average Bonchev–Trinajstić information content (AvgIpc) is 3.21. The molecule has 0 saturated heterocycles. The van der Waals surface area contributed by atoms with Crippen LogP contribution >= 0.6 is 11.6 Å². The minimum Gasteiger partial charge on any atom is -0.341 e. The van der Waals surface area contributed by atoms with Crippen molar-refractivity contribution in [3.05, 3.63) is 76.7 Å². The number of imidazole rings is 1. The standard InChI is InChI=1S/C21H16ClF3N4/c1-12-17(20-26-13(2)18(27-20)14-7-4-3-5-8-14)19(22)29(28-12)16-10-6-9-15(11-16)21(23,24)25/h3-11H,1-2H3,(H,26,27). The SMILES string of the molecule is Cc1nn(-c2cccc(C(F)(F)F)c2)c(Cl)c1-c1nc(-c2ccccc2)c(C)[nH]1. The van der Waals surface area contributed by atoms with Crippen LogP contribution in [0.15, 0.2) is 54.6 Å². The smallest absolute Gasteiger partial charge is 0.341 e. The van der Waals surface area contributed by atoms with E-state index in [9.17, 15) is 13.2 Å². The molecular weight excluding hydrogens is 401 g/mol. The lowest BCUT2D eigenvalue weighted by Crippen LogP contribution is -2.06. The van der Waals surface area contributed by atoms with E-state index in [2.05, 4.69) is 15.1 Å². The molecule has 0 spiro atoms. The third kappa shape index (κ3) is 3.53. The summed E-state index contributed by atoms with van der Waals surface area (Å²) >= 11 is 6.53. The molecule has 0 aliphatic heterocycles. The van der Waals surface area contributed by atoms with Crippen LogP contribution in [0.25, 0.3) is 28.3 Å². The molecule has 4 nitrogen and oxygen atoms in total. The van der Waals surface area contributed by atoms with E-state index >= 15 is 0 Å². The number of aromatic nitrogens is 4. The number of aryl methyl sites for hydroxylation is 2. The molecule has 0 bridgehead atoms. The highest BCUT2D eigenvalue weighted by Gasteiger charge is 2.31. The number of halogens is 4. The summed E-state index contributed by atoms with van der Waals surface area (Å²) in [6.45, 7) is 3.64. The van der Waals surface area contributed by atoms with Gasteiger partial charge in [-0.3, -0.25) is 0 Å². The molecule has 0 aliphatic carbocycles. The van der Waals surface area contributed by atoms with Crippen LogP contribution < -0.4 is 0 Å². The lowest BCUT2D eigenvalue weighted by molar-refractivity contribution is -0.137. The molecule has 29 heavy (non-hydrogen) atoms. The van der Waals surface area contributed by atoms with Gasteiger partial charge in [0.2, 0.25) is 0 Å². The zero-order valence-corrected chi connectivity index (χ0v) is 16.3. The van der Waals surface area contributed by atoms with Crippen LogP contribution in [0.5, 0.6) is 0 Å². The van der Waals surface area contributed by atoms with E-state index in [0.29, 0.717) is 17.1 Å². The van der Waals surface area contributed by atoms with Crippen LogP contribution in [0.4, 0.5) is 13.2 Å². The average molecular weight is 417 g/mol. The molecule has 0 saturated carbocycles. The van der Waals surface area contributed by atoms with E-state index < -0.39 is 11.7 Å². The molecule has 148 valence electrons. The predicted octanol–water partition coefficient (Wildman–Crippen LogP) is 6.22. The van der Waals surface area contributed by atoms with Crippen molar-refractivity contribution in [2.45, 2.75) is 20.0 Å². The summed E-state index contributed by atoms with van der Waals surface area (Å²) in [6.07, 6.45) is -4.45. The Morgan fingerprint density at radius 2 is 1.72 bits per heavy atom. The molecule has 0 unspecified atom stereocenters. The molecule has 0 fully saturated rings. The number of hydrogen-bond acceptors (Lipinski definition) is 2. The quantitative estimate of drug-likeness (QED) is 0.431. The number of nitrogens with one attached hydrogen (secondary N) is 1. The molecule has 0 radical (unpaired) electrons. The van der Waals surface area contributed by atoms with Crippen molar-refractivity contribution in [2.24, 2.45) is 0 Å². The van der Waals surface area contributed by atoms with Gasteiger partial charge in [0.25, 0.3) is 0 Å². The van der Waals surface area contributed by atoms with Crippen LogP contribution in [0.1, 0.15) is 17.0 Å². The molecule has 0 atom stereocenters. The first-order chi connectivity index (χ1) is 13.8. The maximum absolute atomic E-state index is 13.1. The van der Waals surface area contributed by atoms with Crippen molar-refractivity contribution in [3.8, 4) is 28.3 Å². The highest BCUT2D eigenvalue weighted by Crippen LogP contribution is 2.35. The van der Waals surface area contributed by atoms with E-state index in [1.54, 1.807) is 6.92 Å². The second-order valence-electron chi connectivity index (χ2n) is 6.64. The molecule has 8 heteroatoms. The summed E-state index contributed by atoms with van der Waals surface area (Å²) in [5, 5.41) is 4.54. The van der Waals surface area contributed by atoms with Crippen LogP contribution in [0.2, 0.25) is 5.15 Å². The number of nitrogens with zero attached hydrogens (tertiary/aromatic N) is 3. The maximum Gasteiger partial charge on any atom is 0.416 e. The molecule has 2 heterocycles. The highest BCUT2D eigenvalue weighted by molar-refractivity contribution is 6.32. The van der Waals surface area contributed by atoms with Gasteiger partial charge >= 0.3 is 6.18 Å². The first-order valence-electron chi connectivity index (χ1n) is 8.81. The Hall–Kier alpha value is -3.06. The minimum atomic E-state index is -4.45. The number of H-pyrrole nitrogens is 1. The topological polar surface area (TPSA) is 46.5 Å². The Bertz CT molecular complexity index is 1180. The van der Waals surface area contributed by atoms with Gasteiger partial charge < -0.3 is 4.98 Å². The Labute approximate surface area is 170 Å². The van der Waals surface area contributed by atoms with Crippen molar-refractivity contribution in [3.63, 3.8) is 0 Å². The van der Waals surface area contributed by atoms with Crippen LogP contribution in [-0.4, -0.2) is 19.7 Å². The number of alkyl halides is 3. The monoisotopic (exact) mass is 416 g/mol. The molecule has 4 aromatic rings. The van der Waals surface area contributed by atoms with Crippen LogP contribution in [-0.2, 0) is 6.18 Å². The predicted molar refractivity (Wildman–Crippen MR) is 106 cm³/mol. The second kappa shape index (κ2) is 7.08. The second-order valence-corrected chi connectivity index (χ2v) is 6.99. The minimum absolute atomic E-state index is 0.190. The third-order valence-corrected chi connectivity index (χ3v) is 4.94.